The predicted octanol–water partition coefficient (Wildman–Crippen LogP) is -0.252. The van der Waals surface area contributed by atoms with E-state index in [-0.39, 0.29) is 25.0 Å². The van der Waals surface area contributed by atoms with Crippen molar-refractivity contribution in [2.24, 2.45) is 0 Å². The van der Waals surface area contributed by atoms with Crippen molar-refractivity contribution in [3.63, 3.8) is 0 Å². The van der Waals surface area contributed by atoms with Crippen LogP contribution >= 0.6 is 0 Å². The highest BCUT2D eigenvalue weighted by atomic mass is 16.6. The molecule has 0 radical (unpaired) electrons. The topological polar surface area (TPSA) is 191 Å². The van der Waals surface area contributed by atoms with E-state index >= 15 is 0 Å². The quantitative estimate of drug-likeness (QED) is 0.123. The van der Waals surface area contributed by atoms with E-state index in [1.54, 1.807) is 9.47 Å². The van der Waals surface area contributed by atoms with Crippen LogP contribution in [0.4, 0.5) is 11.8 Å². The molecule has 4 aromatic rings. The maximum absolute atomic E-state index is 11.5. The summed E-state index contributed by atoms with van der Waals surface area (Å²) in [4.78, 5) is 31.0. The van der Waals surface area contributed by atoms with Gasteiger partial charge in [0.15, 0.2) is 35.4 Å². The Kier molecular flexibility index (Phi) is 9.70. The molecule has 2 fully saturated rings. The number of anilines is 2. The molecular formula is C28H37N11O6. The summed E-state index contributed by atoms with van der Waals surface area (Å²) in [6, 6.07) is 9.93. The monoisotopic (exact) mass is 623 g/mol. The molecule has 17 heteroatoms. The fraction of sp³-hybridized carbons (Fsp3) is 0.536. The van der Waals surface area contributed by atoms with Crippen molar-refractivity contribution >= 4 is 29.4 Å². The summed E-state index contributed by atoms with van der Waals surface area (Å²) in [7, 11) is 0. The summed E-state index contributed by atoms with van der Waals surface area (Å²) < 4.78 is 18.6. The van der Waals surface area contributed by atoms with Crippen LogP contribution in [0.5, 0.6) is 0 Å². The molecule has 0 bridgehead atoms. The van der Waals surface area contributed by atoms with Gasteiger partial charge in [-0.1, -0.05) is 30.3 Å². The molecular weight excluding hydrogens is 586 g/mol. The number of aromatic nitrogens is 8. The average molecular weight is 624 g/mol. The number of nitrogens with one attached hydrogen (secondary N) is 1. The van der Waals surface area contributed by atoms with Crippen LogP contribution in [-0.4, -0.2) is 126 Å². The summed E-state index contributed by atoms with van der Waals surface area (Å²) >= 11 is 0. The normalized spacial score (nSPS) is 22.1. The Morgan fingerprint density at radius 2 is 2.02 bits per heavy atom. The maximum atomic E-state index is 11.5. The van der Waals surface area contributed by atoms with E-state index in [0.29, 0.717) is 56.3 Å². The number of ether oxygens (including phenoxy) is 3. The summed E-state index contributed by atoms with van der Waals surface area (Å²) in [6.07, 6.45) is -2.31. The summed E-state index contributed by atoms with van der Waals surface area (Å²) in [6.45, 7) is 7.16. The Morgan fingerprint density at radius 1 is 1.20 bits per heavy atom. The molecule has 0 saturated carbocycles. The number of carbonyl (C=O) groups is 1. The highest BCUT2D eigenvalue weighted by Crippen LogP contribution is 2.40. The molecule has 1 aromatic carbocycles. The predicted molar refractivity (Wildman–Crippen MR) is 159 cm³/mol. The first-order valence-electron chi connectivity index (χ1n) is 15.0. The molecule has 0 spiro atoms. The van der Waals surface area contributed by atoms with Gasteiger partial charge in [0, 0.05) is 32.7 Å². The third-order valence-electron chi connectivity index (χ3n) is 7.91. The molecule has 2 saturated heterocycles. The Balaban J connectivity index is 1.33. The van der Waals surface area contributed by atoms with Gasteiger partial charge in [-0.15, -0.1) is 10.2 Å². The zero-order valence-corrected chi connectivity index (χ0v) is 24.9. The molecule has 3 N–H and O–H groups in total. The molecule has 0 amide bonds. The lowest BCUT2D eigenvalue weighted by Gasteiger charge is -2.26. The number of hydrogen-bond acceptors (Lipinski definition) is 15. The van der Waals surface area contributed by atoms with Crippen molar-refractivity contribution in [2.75, 3.05) is 62.9 Å². The van der Waals surface area contributed by atoms with E-state index in [9.17, 15) is 15.0 Å². The smallest absolute Gasteiger partial charge is 0.293 e. The molecule has 45 heavy (non-hydrogen) atoms. The maximum Gasteiger partial charge on any atom is 0.293 e. The van der Waals surface area contributed by atoms with Crippen LogP contribution < -0.4 is 10.2 Å². The number of rotatable bonds is 14. The highest BCUT2D eigenvalue weighted by Gasteiger charge is 2.49. The minimum Gasteiger partial charge on any atom is -0.457 e. The molecule has 17 nitrogen and oxygen atoms in total. The zero-order chi connectivity index (χ0) is 31.2. The lowest BCUT2D eigenvalue weighted by atomic mass is 10.1. The number of morpholine rings is 1. The van der Waals surface area contributed by atoms with Gasteiger partial charge in [-0.2, -0.15) is 14.8 Å². The largest absolute Gasteiger partial charge is 0.457 e. The number of fused-ring (bicyclic) bond motifs is 1. The van der Waals surface area contributed by atoms with Crippen molar-refractivity contribution in [3.05, 3.63) is 48.0 Å². The first-order valence-corrected chi connectivity index (χ1v) is 15.0. The van der Waals surface area contributed by atoms with E-state index < -0.39 is 24.5 Å². The van der Waals surface area contributed by atoms with Crippen LogP contribution in [-0.2, 0) is 32.0 Å². The first kappa shape index (κ1) is 30.7. The number of aliphatic hydroxyl groups is 2. The van der Waals surface area contributed by atoms with Crippen molar-refractivity contribution in [1.82, 2.24) is 44.6 Å². The lowest BCUT2D eigenvalue weighted by Crippen LogP contribution is -2.39. The van der Waals surface area contributed by atoms with Gasteiger partial charge in [0.05, 0.1) is 26.1 Å². The SMILES string of the molecule is CCn1nnc([C@H]2O[C@@H](n3cnc4c(NCCN5CCOCC5)nc(N(CO)CCc5ccccc5)nc43)[C@H](OC=O)[C@@H]2O)n1. The van der Waals surface area contributed by atoms with Gasteiger partial charge >= 0.3 is 0 Å². The minimum absolute atomic E-state index is 0.156. The van der Waals surface area contributed by atoms with Crippen LogP contribution in [0.1, 0.15) is 30.6 Å². The van der Waals surface area contributed by atoms with Crippen molar-refractivity contribution in [1.29, 1.82) is 0 Å². The number of hydrogen-bond donors (Lipinski definition) is 3. The van der Waals surface area contributed by atoms with Crippen LogP contribution in [0.25, 0.3) is 11.2 Å². The standard InChI is InChI=1S/C28H37N11O6/c1-2-39-34-25(33-35-39)22-21(42)23(44-18-41)27(45-22)38-16-30-20-24(29-9-11-36-12-14-43-15-13-36)31-28(32-26(20)38)37(17-40)10-8-19-6-4-3-5-7-19/h3-7,16,18,21-23,27,40,42H,2,8-15,17H2,1H3,(H,29,31,32)/t21-,22+,23-,27-/m1/s1. The molecule has 240 valence electrons. The molecule has 2 aliphatic heterocycles. The van der Waals surface area contributed by atoms with E-state index in [0.717, 1.165) is 25.2 Å². The van der Waals surface area contributed by atoms with Gasteiger partial charge in [-0.25, -0.2) is 4.98 Å². The van der Waals surface area contributed by atoms with E-state index in [2.05, 4.69) is 30.6 Å². The number of aliphatic hydroxyl groups excluding tert-OH is 2. The number of imidazole rings is 1. The minimum atomic E-state index is -1.29. The molecule has 0 aliphatic carbocycles. The van der Waals surface area contributed by atoms with Crippen LogP contribution in [0.3, 0.4) is 0 Å². The molecule has 0 unspecified atom stereocenters. The number of carbonyl (C=O) groups excluding carboxylic acids is 1. The molecule has 4 atom stereocenters. The van der Waals surface area contributed by atoms with Crippen LogP contribution in [0.2, 0.25) is 0 Å². The van der Waals surface area contributed by atoms with Crippen LogP contribution in [0.15, 0.2) is 36.7 Å². The summed E-state index contributed by atoms with van der Waals surface area (Å²) in [5, 5.41) is 37.2. The van der Waals surface area contributed by atoms with E-state index in [4.69, 9.17) is 24.2 Å². The Labute approximate surface area is 258 Å². The third-order valence-corrected chi connectivity index (χ3v) is 7.91. The zero-order valence-electron chi connectivity index (χ0n) is 24.9. The number of tetrazole rings is 1. The van der Waals surface area contributed by atoms with Gasteiger partial charge in [-0.3, -0.25) is 14.3 Å². The second-order valence-electron chi connectivity index (χ2n) is 10.7. The van der Waals surface area contributed by atoms with Gasteiger partial charge < -0.3 is 34.6 Å². The first-order chi connectivity index (χ1) is 22.1. The molecule has 6 rings (SSSR count). The number of benzene rings is 1. The third kappa shape index (κ3) is 6.71. The average Bonchev–Trinajstić information content (AvgIpc) is 3.80. The van der Waals surface area contributed by atoms with Crippen molar-refractivity contribution in [3.8, 4) is 0 Å². The second-order valence-corrected chi connectivity index (χ2v) is 10.7. The fourth-order valence-corrected chi connectivity index (χ4v) is 5.46. The number of aryl methyl sites for hydroxylation is 1. The Morgan fingerprint density at radius 3 is 2.76 bits per heavy atom. The van der Waals surface area contributed by atoms with Gasteiger partial charge in [-0.05, 0) is 24.1 Å². The Hall–Kier alpha value is -4.29. The highest BCUT2D eigenvalue weighted by molar-refractivity contribution is 5.84. The van der Waals surface area contributed by atoms with Crippen molar-refractivity contribution in [2.45, 2.75) is 44.4 Å². The number of nitrogens with zero attached hydrogens (tertiary/aromatic N) is 10. The fourth-order valence-electron chi connectivity index (χ4n) is 5.46. The van der Waals surface area contributed by atoms with E-state index in [1.165, 1.54) is 11.1 Å². The molecule has 2 aliphatic rings. The second kappa shape index (κ2) is 14.2. The molecule has 5 heterocycles. The Bertz CT molecular complexity index is 1550. The van der Waals surface area contributed by atoms with Gasteiger partial charge in [0.2, 0.25) is 11.8 Å². The van der Waals surface area contributed by atoms with Crippen molar-refractivity contribution < 1.29 is 29.2 Å². The molecule has 3 aromatic heterocycles. The summed E-state index contributed by atoms with van der Waals surface area (Å²) in [5.74, 6) is 0.895. The summed E-state index contributed by atoms with van der Waals surface area (Å²) in [5.41, 5.74) is 1.91. The van der Waals surface area contributed by atoms with E-state index in [1.807, 2.05) is 37.3 Å². The lowest BCUT2D eigenvalue weighted by molar-refractivity contribution is -0.142. The van der Waals surface area contributed by atoms with Gasteiger partial charge in [0.1, 0.15) is 12.8 Å². The van der Waals surface area contributed by atoms with Gasteiger partial charge in [0.25, 0.3) is 6.47 Å². The van der Waals surface area contributed by atoms with Crippen LogP contribution in [0, 0.1) is 0 Å².